The van der Waals surface area contributed by atoms with E-state index in [0.717, 1.165) is 31.9 Å². The van der Waals surface area contributed by atoms with Crippen molar-refractivity contribution in [2.45, 2.75) is 0 Å². The van der Waals surface area contributed by atoms with E-state index in [9.17, 15) is 9.59 Å². The molecule has 166 valence electrons. The van der Waals surface area contributed by atoms with Crippen LogP contribution in [0, 0.1) is 0 Å². The average Bonchev–Trinajstić information content (AvgIpc) is 3.28. The maximum Gasteiger partial charge on any atom is 0.327 e. The lowest BCUT2D eigenvalue weighted by molar-refractivity contribution is 0.0997. The van der Waals surface area contributed by atoms with Crippen LogP contribution in [0.25, 0.3) is 0 Å². The summed E-state index contributed by atoms with van der Waals surface area (Å²) >= 11 is 0. The first-order valence-corrected chi connectivity index (χ1v) is 10.0. The van der Waals surface area contributed by atoms with Crippen LogP contribution >= 0.6 is 0 Å². The summed E-state index contributed by atoms with van der Waals surface area (Å²) in [5.74, 6) is 0.0633. The summed E-state index contributed by atoms with van der Waals surface area (Å²) in [5, 5.41) is 11.2. The van der Waals surface area contributed by atoms with Gasteiger partial charge >= 0.3 is 12.0 Å². The smallest absolute Gasteiger partial charge is 0.327 e. The number of pyridine rings is 1. The third-order valence-corrected chi connectivity index (χ3v) is 4.78. The number of carbonyl (C=O) groups excluding carboxylic acids is 2. The van der Waals surface area contributed by atoms with Crippen molar-refractivity contribution in [2.75, 3.05) is 54.1 Å². The fourth-order valence-electron chi connectivity index (χ4n) is 3.25. The third-order valence-electron chi connectivity index (χ3n) is 4.78. The summed E-state index contributed by atoms with van der Waals surface area (Å²) in [4.78, 5) is 35.1. The molecule has 3 heterocycles. The minimum Gasteiger partial charge on any atom is -0.497 e. The van der Waals surface area contributed by atoms with Crippen molar-refractivity contribution in [3.05, 3.63) is 54.7 Å². The van der Waals surface area contributed by atoms with Crippen molar-refractivity contribution in [3.63, 3.8) is 0 Å². The maximum atomic E-state index is 12.7. The lowest BCUT2D eigenvalue weighted by atomic mass is 10.2. The van der Waals surface area contributed by atoms with Gasteiger partial charge in [-0.3, -0.25) is 15.1 Å². The number of carbonyl (C=O) groups is 2. The Morgan fingerprint density at radius 3 is 2.78 bits per heavy atom. The van der Waals surface area contributed by atoms with Crippen LogP contribution in [0.5, 0.6) is 5.75 Å². The number of nitrogens with zero attached hydrogens (tertiary/aromatic N) is 3. The molecule has 32 heavy (non-hydrogen) atoms. The van der Waals surface area contributed by atoms with Crippen molar-refractivity contribution >= 4 is 35.0 Å². The highest BCUT2D eigenvalue weighted by atomic mass is 16.5. The van der Waals surface area contributed by atoms with E-state index in [2.05, 4.69) is 36.1 Å². The molecule has 1 aliphatic rings. The molecule has 0 spiro atoms. The summed E-state index contributed by atoms with van der Waals surface area (Å²) in [6.45, 7) is 3.38. The molecule has 0 unspecified atom stereocenters. The zero-order chi connectivity index (χ0) is 22.3. The lowest BCUT2D eigenvalue weighted by Gasteiger charge is -2.30. The van der Waals surface area contributed by atoms with Crippen molar-refractivity contribution in [3.8, 4) is 5.75 Å². The second-order valence-electron chi connectivity index (χ2n) is 6.92. The van der Waals surface area contributed by atoms with Crippen LogP contribution in [0.2, 0.25) is 0 Å². The molecule has 3 aromatic rings. The normalized spacial score (nSPS) is 13.3. The van der Waals surface area contributed by atoms with Crippen molar-refractivity contribution in [2.24, 2.45) is 0 Å². The summed E-state index contributed by atoms with van der Waals surface area (Å²) in [5.41, 5.74) is 1.98. The van der Waals surface area contributed by atoms with Gasteiger partial charge in [-0.1, -0.05) is 6.07 Å². The van der Waals surface area contributed by atoms with Crippen molar-refractivity contribution in [1.29, 1.82) is 0 Å². The molecule has 0 atom stereocenters. The Bertz CT molecular complexity index is 1100. The zero-order valence-electron chi connectivity index (χ0n) is 17.4. The fraction of sp³-hybridized carbons (Fsp3) is 0.238. The molecule has 1 saturated heterocycles. The molecule has 0 aliphatic carbocycles. The first kappa shape index (κ1) is 21.1. The quantitative estimate of drug-likeness (QED) is 0.462. The van der Waals surface area contributed by atoms with E-state index in [-0.39, 0.29) is 11.8 Å². The molecule has 0 saturated carbocycles. The highest BCUT2D eigenvalue weighted by molar-refractivity contribution is 6.04. The molecule has 1 fully saturated rings. The van der Waals surface area contributed by atoms with E-state index < -0.39 is 11.9 Å². The van der Waals surface area contributed by atoms with E-state index in [1.54, 1.807) is 36.7 Å². The van der Waals surface area contributed by atoms with Gasteiger partial charge in [0.25, 0.3) is 5.91 Å². The molecule has 11 heteroatoms. The minimum absolute atomic E-state index is 0.0446. The molecule has 1 aromatic carbocycles. The number of aromatic nitrogens is 2. The first-order valence-electron chi connectivity index (χ1n) is 10.0. The highest BCUT2D eigenvalue weighted by Crippen LogP contribution is 2.25. The monoisotopic (exact) mass is 437 g/mol. The topological polar surface area (TPSA) is 134 Å². The van der Waals surface area contributed by atoms with E-state index in [0.29, 0.717) is 17.1 Å². The molecule has 2 aromatic heterocycles. The maximum absolute atomic E-state index is 12.7. The van der Waals surface area contributed by atoms with Gasteiger partial charge in [-0.25, -0.2) is 9.78 Å². The highest BCUT2D eigenvalue weighted by Gasteiger charge is 2.19. The Hall–Kier alpha value is -4.12. The van der Waals surface area contributed by atoms with Gasteiger partial charge in [-0.15, -0.1) is 0 Å². The second-order valence-corrected chi connectivity index (χ2v) is 6.92. The van der Waals surface area contributed by atoms with Gasteiger partial charge in [0.1, 0.15) is 5.75 Å². The first-order chi connectivity index (χ1) is 15.6. The number of amides is 3. The number of ether oxygens (including phenoxy) is 1. The Morgan fingerprint density at radius 2 is 1.97 bits per heavy atom. The number of rotatable bonds is 6. The van der Waals surface area contributed by atoms with E-state index in [1.165, 1.54) is 13.3 Å². The number of oxazole rings is 1. The molecular weight excluding hydrogens is 414 g/mol. The number of anilines is 4. The second kappa shape index (κ2) is 9.79. The Labute approximate surface area is 184 Å². The van der Waals surface area contributed by atoms with Crippen molar-refractivity contribution < 1.29 is 18.7 Å². The van der Waals surface area contributed by atoms with Crippen LogP contribution in [0.3, 0.4) is 0 Å². The number of piperazine rings is 1. The Balaban J connectivity index is 1.38. The van der Waals surface area contributed by atoms with Crippen LogP contribution < -0.4 is 30.9 Å². The van der Waals surface area contributed by atoms with Crippen LogP contribution in [0.15, 0.2) is 53.3 Å². The molecule has 3 amide bonds. The zero-order valence-corrected chi connectivity index (χ0v) is 17.4. The SMILES string of the molecule is COc1cccc(NC(=O)Nc2ncc(C(=O)Nc3cnccc3N3CCNCC3)o2)c1. The van der Waals surface area contributed by atoms with Gasteiger partial charge in [0, 0.05) is 44.1 Å². The molecule has 1 aliphatic heterocycles. The van der Waals surface area contributed by atoms with E-state index in [1.807, 2.05) is 6.07 Å². The summed E-state index contributed by atoms with van der Waals surface area (Å²) in [7, 11) is 1.54. The minimum atomic E-state index is -0.569. The molecular formula is C21H23N7O4. The number of nitrogens with one attached hydrogen (secondary N) is 4. The van der Waals surface area contributed by atoms with E-state index >= 15 is 0 Å². The van der Waals surface area contributed by atoms with Gasteiger partial charge in [-0.2, -0.15) is 0 Å². The molecule has 0 radical (unpaired) electrons. The number of hydrogen-bond acceptors (Lipinski definition) is 8. The average molecular weight is 437 g/mol. The molecule has 4 rings (SSSR count). The van der Waals surface area contributed by atoms with Crippen molar-refractivity contribution in [1.82, 2.24) is 15.3 Å². The number of benzene rings is 1. The summed E-state index contributed by atoms with van der Waals surface area (Å²) < 4.78 is 10.5. The standard InChI is InChI=1S/C21H23N7O4/c1-31-15-4-2-3-14(11-15)25-20(30)27-21-24-13-18(32-21)19(29)26-16-12-23-6-5-17(16)28-9-7-22-8-10-28/h2-6,11-13,22H,7-10H2,1H3,(H,26,29)(H2,24,25,27,30). The number of methoxy groups -OCH3 is 1. The number of hydrogen-bond donors (Lipinski definition) is 4. The molecule has 11 nitrogen and oxygen atoms in total. The molecule has 4 N–H and O–H groups in total. The Morgan fingerprint density at radius 1 is 1.12 bits per heavy atom. The van der Waals surface area contributed by atoms with Gasteiger partial charge in [0.2, 0.25) is 5.76 Å². The predicted octanol–water partition coefficient (Wildman–Crippen LogP) is 2.38. The summed E-state index contributed by atoms with van der Waals surface area (Å²) in [6, 6.07) is 8.06. The van der Waals surface area contributed by atoms with Gasteiger partial charge in [0.05, 0.1) is 30.9 Å². The third kappa shape index (κ3) is 5.13. The van der Waals surface area contributed by atoms with Crippen LogP contribution in [0.4, 0.5) is 27.9 Å². The largest absolute Gasteiger partial charge is 0.497 e. The predicted molar refractivity (Wildman–Crippen MR) is 119 cm³/mol. The molecule has 0 bridgehead atoms. The van der Waals surface area contributed by atoms with E-state index in [4.69, 9.17) is 9.15 Å². The van der Waals surface area contributed by atoms with Gasteiger partial charge < -0.3 is 30.0 Å². The lowest BCUT2D eigenvalue weighted by Crippen LogP contribution is -2.43. The van der Waals surface area contributed by atoms with Gasteiger partial charge in [-0.05, 0) is 18.2 Å². The fourth-order valence-corrected chi connectivity index (χ4v) is 3.25. The van der Waals surface area contributed by atoms with Crippen LogP contribution in [-0.2, 0) is 0 Å². The van der Waals surface area contributed by atoms with Gasteiger partial charge in [0.15, 0.2) is 0 Å². The van der Waals surface area contributed by atoms with Crippen LogP contribution in [-0.4, -0.2) is 55.2 Å². The Kier molecular flexibility index (Phi) is 6.46. The van der Waals surface area contributed by atoms with Crippen LogP contribution in [0.1, 0.15) is 10.6 Å². The summed E-state index contributed by atoms with van der Waals surface area (Å²) in [6.07, 6.45) is 4.52. The number of urea groups is 1.